The van der Waals surface area contributed by atoms with Crippen LogP contribution in [0.4, 0.5) is 4.39 Å². The lowest BCUT2D eigenvalue weighted by Crippen LogP contribution is -2.44. The summed E-state index contributed by atoms with van der Waals surface area (Å²) in [5, 5.41) is 17.0. The predicted octanol–water partition coefficient (Wildman–Crippen LogP) is 4.46. The molecule has 2 aliphatic heterocycles. The normalized spacial score (nSPS) is 19.7. The summed E-state index contributed by atoms with van der Waals surface area (Å²) in [7, 11) is 1.73. The number of hydrogen-bond donors (Lipinski definition) is 2. The van der Waals surface area contributed by atoms with Crippen LogP contribution in [0.25, 0.3) is 0 Å². The first-order valence-electron chi connectivity index (χ1n) is 15.0. The van der Waals surface area contributed by atoms with Gasteiger partial charge >= 0.3 is 5.97 Å². The molecule has 1 unspecified atom stereocenters. The van der Waals surface area contributed by atoms with Crippen molar-refractivity contribution in [2.45, 2.75) is 70.4 Å². The Morgan fingerprint density at radius 1 is 1.23 bits per heavy atom. The number of ether oxygens (including phenoxy) is 4. The largest absolute Gasteiger partial charge is 0.496 e. The Hall–Kier alpha value is -3.28. The molecule has 0 saturated carbocycles. The number of fused-ring (bicyclic) bond motifs is 1. The van der Waals surface area contributed by atoms with Gasteiger partial charge in [0.2, 0.25) is 0 Å². The molecule has 0 radical (unpaired) electrons. The molecule has 0 bridgehead atoms. The van der Waals surface area contributed by atoms with E-state index in [4.69, 9.17) is 33.8 Å². The first-order chi connectivity index (χ1) is 20.8. The summed E-state index contributed by atoms with van der Waals surface area (Å²) in [6.45, 7) is 5.01. The molecule has 0 amide bonds. The van der Waals surface area contributed by atoms with Crippen molar-refractivity contribution in [2.75, 3.05) is 46.6 Å². The van der Waals surface area contributed by atoms with Crippen LogP contribution in [0.15, 0.2) is 24.3 Å². The highest BCUT2D eigenvalue weighted by molar-refractivity contribution is 5.77. The summed E-state index contributed by atoms with van der Waals surface area (Å²) in [6.07, 6.45) is 7.84. The Morgan fingerprint density at radius 3 is 2.70 bits per heavy atom. The molecule has 2 N–H and O–H groups in total. The standard InChI is InChI=1S/C31H41FN2O6.CH2O2/c1-31(18-38-19-31)20-40-27-11-10-21(32)15-25(27)29(30(35)36)34-13-12-23(17-34)39-14-6-5-7-22-16-28(37-2)24-8-3-4-9-26(24)33-22;2-1-3/h10-11,15-16,23,29H,3-9,12-14,17-20H2,1-2H3,(H,35,36);1H,(H,2,3)/t23-,29?;/m1./s1. The second kappa shape index (κ2) is 15.4. The van der Waals surface area contributed by atoms with E-state index in [9.17, 15) is 14.3 Å². The van der Waals surface area contributed by atoms with Crippen LogP contribution < -0.4 is 9.47 Å². The lowest BCUT2D eigenvalue weighted by molar-refractivity contribution is -0.143. The van der Waals surface area contributed by atoms with E-state index >= 15 is 0 Å². The van der Waals surface area contributed by atoms with Gasteiger partial charge in [-0.1, -0.05) is 6.92 Å². The minimum atomic E-state index is -1.03. The molecule has 2 atom stereocenters. The fourth-order valence-electron chi connectivity index (χ4n) is 5.95. The van der Waals surface area contributed by atoms with Crippen LogP contribution in [0, 0.1) is 11.2 Å². The van der Waals surface area contributed by atoms with Gasteiger partial charge in [0.25, 0.3) is 6.47 Å². The number of methoxy groups -OCH3 is 1. The fraction of sp³-hybridized carbons (Fsp3) is 0.594. The van der Waals surface area contributed by atoms with Gasteiger partial charge in [0.15, 0.2) is 0 Å². The summed E-state index contributed by atoms with van der Waals surface area (Å²) in [6, 6.07) is 5.20. The Bertz CT molecular complexity index is 1220. The lowest BCUT2D eigenvalue weighted by atomic mass is 9.90. The van der Waals surface area contributed by atoms with Crippen molar-refractivity contribution in [3.8, 4) is 11.5 Å². The van der Waals surface area contributed by atoms with Gasteiger partial charge in [-0.05, 0) is 69.6 Å². The number of aromatic nitrogens is 1. The number of carboxylic acids is 1. The van der Waals surface area contributed by atoms with E-state index in [1.807, 2.05) is 4.90 Å². The summed E-state index contributed by atoms with van der Waals surface area (Å²) >= 11 is 0. The van der Waals surface area contributed by atoms with Gasteiger partial charge in [-0.3, -0.25) is 19.5 Å². The zero-order valence-electron chi connectivity index (χ0n) is 25.1. The van der Waals surface area contributed by atoms with E-state index in [2.05, 4.69) is 13.0 Å². The van der Waals surface area contributed by atoms with E-state index < -0.39 is 17.8 Å². The van der Waals surface area contributed by atoms with Crippen LogP contribution in [-0.4, -0.2) is 85.3 Å². The third kappa shape index (κ3) is 8.64. The maximum absolute atomic E-state index is 14.3. The van der Waals surface area contributed by atoms with Gasteiger partial charge in [0, 0.05) is 53.7 Å². The smallest absolute Gasteiger partial charge is 0.325 e. The molecule has 43 heavy (non-hydrogen) atoms. The Balaban J connectivity index is 0.00000135. The predicted molar refractivity (Wildman–Crippen MR) is 156 cm³/mol. The van der Waals surface area contributed by atoms with Crippen LogP contribution in [0.1, 0.15) is 67.6 Å². The summed E-state index contributed by atoms with van der Waals surface area (Å²) < 4.78 is 37.3. The van der Waals surface area contributed by atoms with Gasteiger partial charge in [-0.15, -0.1) is 0 Å². The first-order valence-corrected chi connectivity index (χ1v) is 15.0. The molecule has 0 spiro atoms. The molecule has 2 aromatic rings. The highest BCUT2D eigenvalue weighted by atomic mass is 19.1. The number of halogens is 1. The van der Waals surface area contributed by atoms with Crippen molar-refractivity contribution < 1.29 is 43.1 Å². The molecular weight excluding hydrogens is 559 g/mol. The minimum Gasteiger partial charge on any atom is -0.496 e. The lowest BCUT2D eigenvalue weighted by Gasteiger charge is -2.38. The third-order valence-electron chi connectivity index (χ3n) is 8.23. The average Bonchev–Trinajstić information content (AvgIpc) is 3.43. The number of pyridine rings is 1. The Kier molecular flexibility index (Phi) is 11.7. The molecular formula is C32H43FN2O8. The summed E-state index contributed by atoms with van der Waals surface area (Å²) in [4.78, 5) is 27.5. The second-order valence-electron chi connectivity index (χ2n) is 11.8. The quantitative estimate of drug-likeness (QED) is 0.251. The molecule has 1 aliphatic carbocycles. The van der Waals surface area contributed by atoms with E-state index in [-0.39, 0.29) is 18.0 Å². The van der Waals surface area contributed by atoms with Crippen molar-refractivity contribution in [1.29, 1.82) is 0 Å². The fourth-order valence-corrected chi connectivity index (χ4v) is 5.95. The molecule has 1 aromatic carbocycles. The number of likely N-dealkylation sites (tertiary alicyclic amines) is 1. The highest BCUT2D eigenvalue weighted by Crippen LogP contribution is 2.35. The molecule has 10 nitrogen and oxygen atoms in total. The molecule has 11 heteroatoms. The van der Waals surface area contributed by atoms with Gasteiger partial charge in [-0.2, -0.15) is 0 Å². The van der Waals surface area contributed by atoms with E-state index in [1.54, 1.807) is 7.11 Å². The zero-order valence-corrected chi connectivity index (χ0v) is 25.1. The van der Waals surface area contributed by atoms with Crippen LogP contribution in [0.2, 0.25) is 0 Å². The molecule has 236 valence electrons. The molecule has 3 heterocycles. The second-order valence-corrected chi connectivity index (χ2v) is 11.8. The maximum Gasteiger partial charge on any atom is 0.325 e. The van der Waals surface area contributed by atoms with Crippen molar-refractivity contribution in [3.63, 3.8) is 0 Å². The molecule has 2 fully saturated rings. The highest BCUT2D eigenvalue weighted by Gasteiger charge is 2.38. The van der Waals surface area contributed by atoms with Crippen LogP contribution in [0.3, 0.4) is 0 Å². The van der Waals surface area contributed by atoms with Crippen molar-refractivity contribution in [2.24, 2.45) is 5.41 Å². The number of nitrogens with zero attached hydrogens (tertiary/aromatic N) is 2. The number of unbranched alkanes of at least 4 members (excludes halogenated alkanes) is 1. The average molecular weight is 603 g/mol. The van der Waals surface area contributed by atoms with Crippen molar-refractivity contribution in [1.82, 2.24) is 9.88 Å². The van der Waals surface area contributed by atoms with Gasteiger partial charge in [-0.25, -0.2) is 4.39 Å². The van der Waals surface area contributed by atoms with E-state index in [1.165, 1.54) is 42.3 Å². The third-order valence-corrected chi connectivity index (χ3v) is 8.23. The number of carboxylic acid groups (broad SMARTS) is 2. The minimum absolute atomic E-state index is 0.0622. The first kappa shape index (κ1) is 32.6. The number of rotatable bonds is 13. The van der Waals surface area contributed by atoms with Gasteiger partial charge in [0.1, 0.15) is 23.4 Å². The van der Waals surface area contributed by atoms with Crippen LogP contribution in [-0.2, 0) is 38.3 Å². The van der Waals surface area contributed by atoms with E-state index in [0.29, 0.717) is 50.8 Å². The van der Waals surface area contributed by atoms with Gasteiger partial charge < -0.3 is 29.2 Å². The number of aryl methyl sites for hydroxylation is 2. The monoisotopic (exact) mass is 602 g/mol. The molecule has 5 rings (SSSR count). The zero-order chi connectivity index (χ0) is 30.8. The Morgan fingerprint density at radius 2 is 2.00 bits per heavy atom. The maximum atomic E-state index is 14.3. The molecule has 2 saturated heterocycles. The number of hydrogen-bond acceptors (Lipinski definition) is 8. The summed E-state index contributed by atoms with van der Waals surface area (Å²) in [5.41, 5.74) is 3.75. The van der Waals surface area contributed by atoms with Crippen molar-refractivity contribution in [3.05, 3.63) is 52.6 Å². The SMILES string of the molecule is COc1cc(CCCCO[C@@H]2CCN(C(C(=O)O)c3cc(F)ccc3OCC3(C)COC3)C2)nc2c1CCCC2.O=CO. The van der Waals surface area contributed by atoms with E-state index in [0.717, 1.165) is 50.0 Å². The van der Waals surface area contributed by atoms with Crippen molar-refractivity contribution >= 4 is 12.4 Å². The van der Waals surface area contributed by atoms with Crippen LogP contribution in [0.5, 0.6) is 11.5 Å². The Labute approximate surface area is 252 Å². The summed E-state index contributed by atoms with van der Waals surface area (Å²) in [5.74, 6) is -0.140. The van der Waals surface area contributed by atoms with Gasteiger partial charge in [0.05, 0.1) is 33.0 Å². The van der Waals surface area contributed by atoms with Crippen LogP contribution >= 0.6 is 0 Å². The number of carbonyl (C=O) groups is 2. The number of benzene rings is 1. The topological polar surface area (TPSA) is 128 Å². The number of aliphatic carboxylic acids is 1. The molecule has 1 aromatic heterocycles. The molecule has 3 aliphatic rings.